The zero-order chi connectivity index (χ0) is 38.4. The predicted molar refractivity (Wildman–Crippen MR) is 202 cm³/mol. The molecule has 0 radical (unpaired) electrons. The van der Waals surface area contributed by atoms with E-state index < -0.39 is 37.9 Å². The number of hydrogen-bond acceptors (Lipinski definition) is 7. The largest absolute Gasteiger partial charge is 0.490 e. The third kappa shape index (κ3) is 7.24. The summed E-state index contributed by atoms with van der Waals surface area (Å²) in [6, 6.07) is 13.5. The number of fused-ring (bicyclic) bond motifs is 4. The first-order valence-electron chi connectivity index (χ1n) is 18.5. The number of rotatable bonds is 4. The van der Waals surface area contributed by atoms with Crippen LogP contribution in [0.1, 0.15) is 62.1 Å². The van der Waals surface area contributed by atoms with Crippen LogP contribution in [0.25, 0.3) is 0 Å². The van der Waals surface area contributed by atoms with Crippen LogP contribution in [-0.4, -0.2) is 71.6 Å². The summed E-state index contributed by atoms with van der Waals surface area (Å²) in [6.45, 7) is 3.65. The van der Waals surface area contributed by atoms with Gasteiger partial charge in [0.2, 0.25) is 11.8 Å². The van der Waals surface area contributed by atoms with Gasteiger partial charge in [0.05, 0.1) is 28.7 Å². The summed E-state index contributed by atoms with van der Waals surface area (Å²) in [5.41, 5.74) is 1.52. The SMILES string of the molecule is CO[C@H]1/C=C/CCN(C)C(=O)C[C@](C)(C(=O)NS(=O)(=O)c2ccc(F)c(F)c2)c2ccc3c(c2)N(C[C@@H]2CC[C@H]21)C[C@@]1(CCCc2cc(Cl)ccc21)CO3. The van der Waals surface area contributed by atoms with Crippen LogP contribution in [0.3, 0.4) is 0 Å². The van der Waals surface area contributed by atoms with Crippen molar-refractivity contribution in [2.75, 3.05) is 45.3 Å². The van der Waals surface area contributed by atoms with Crippen molar-refractivity contribution in [3.8, 4) is 5.75 Å². The van der Waals surface area contributed by atoms with Crippen LogP contribution in [0.5, 0.6) is 5.75 Å². The zero-order valence-electron chi connectivity index (χ0n) is 30.7. The molecule has 0 unspecified atom stereocenters. The zero-order valence-corrected chi connectivity index (χ0v) is 32.3. The summed E-state index contributed by atoms with van der Waals surface area (Å²) in [7, 11) is -1.28. The Balaban J connectivity index is 1.33. The molecule has 0 saturated heterocycles. The Morgan fingerprint density at radius 1 is 1.07 bits per heavy atom. The minimum atomic E-state index is -4.66. The molecule has 2 amide bonds. The van der Waals surface area contributed by atoms with Crippen molar-refractivity contribution < 1.29 is 36.3 Å². The van der Waals surface area contributed by atoms with Gasteiger partial charge < -0.3 is 19.3 Å². The number of carbonyl (C=O) groups excluding carboxylic acids is 2. The number of benzene rings is 3. The van der Waals surface area contributed by atoms with Gasteiger partial charge in [0.25, 0.3) is 10.0 Å². The molecule has 5 atom stereocenters. The topological polar surface area (TPSA) is 105 Å². The highest BCUT2D eigenvalue weighted by molar-refractivity contribution is 7.90. The fraction of sp³-hybridized carbons (Fsp3) is 0.463. The second-order valence-electron chi connectivity index (χ2n) is 15.5. The van der Waals surface area contributed by atoms with E-state index >= 15 is 0 Å². The number of hydrogen-bond donors (Lipinski definition) is 1. The number of halogens is 3. The average Bonchev–Trinajstić information content (AvgIpc) is 3.28. The summed E-state index contributed by atoms with van der Waals surface area (Å²) in [6.07, 6.45) is 9.04. The molecule has 3 aromatic rings. The maximum atomic E-state index is 14.3. The van der Waals surface area contributed by atoms with Gasteiger partial charge in [-0.1, -0.05) is 35.9 Å². The van der Waals surface area contributed by atoms with Crippen LogP contribution < -0.4 is 14.4 Å². The van der Waals surface area contributed by atoms with E-state index in [2.05, 4.69) is 21.8 Å². The quantitative estimate of drug-likeness (QED) is 0.294. The van der Waals surface area contributed by atoms with Crippen LogP contribution in [0, 0.1) is 23.5 Å². The number of nitrogens with one attached hydrogen (secondary N) is 1. The van der Waals surface area contributed by atoms with Gasteiger partial charge in [-0.05, 0) is 116 Å². The van der Waals surface area contributed by atoms with E-state index in [1.165, 1.54) is 23.0 Å². The van der Waals surface area contributed by atoms with Crippen molar-refractivity contribution in [2.24, 2.45) is 11.8 Å². The highest BCUT2D eigenvalue weighted by Gasteiger charge is 2.46. The first kappa shape index (κ1) is 38.3. The standard InChI is InChI=1S/C41H46ClF2N3O6S/c1-40(39(49)45-54(50,51)30-12-15-33(43)34(44)21-30)22-38(48)46(2)18-5-4-8-36(52-3)31-13-9-27(31)23-47-24-41(25-53-37-16-10-28(40)20-35(37)47)17-6-7-26-19-29(42)11-14-32(26)41/h4,8,10-12,14-16,19-21,27,31,36H,5-7,9,13,17-18,22-25H2,1-3H3,(H,45,49)/b8-4+/t27-,31+,36-,40-,41-/m0/s1. The molecule has 4 aliphatic rings. The Labute approximate surface area is 320 Å². The Bertz CT molecular complexity index is 2100. The lowest BCUT2D eigenvalue weighted by Crippen LogP contribution is -2.50. The van der Waals surface area contributed by atoms with Gasteiger partial charge >= 0.3 is 0 Å². The second kappa shape index (κ2) is 14.9. The molecule has 9 nitrogen and oxygen atoms in total. The molecular weight excluding hydrogens is 736 g/mol. The lowest BCUT2D eigenvalue weighted by atomic mass is 9.68. The molecule has 1 spiro atoms. The first-order valence-corrected chi connectivity index (χ1v) is 20.4. The molecular formula is C41H46ClF2N3O6S. The summed E-state index contributed by atoms with van der Waals surface area (Å²) in [5.74, 6) is -2.75. The normalized spacial score (nSPS) is 27.9. The highest BCUT2D eigenvalue weighted by Crippen LogP contribution is 2.48. The van der Waals surface area contributed by atoms with Gasteiger partial charge in [0.1, 0.15) is 5.75 Å². The summed E-state index contributed by atoms with van der Waals surface area (Å²) >= 11 is 6.46. The summed E-state index contributed by atoms with van der Waals surface area (Å²) < 4.78 is 69.5. The lowest BCUT2D eigenvalue weighted by molar-refractivity contribution is -0.135. The fourth-order valence-electron chi connectivity index (χ4n) is 8.70. The predicted octanol–water partition coefficient (Wildman–Crippen LogP) is 6.70. The summed E-state index contributed by atoms with van der Waals surface area (Å²) in [4.78, 5) is 31.5. The van der Waals surface area contributed by atoms with Gasteiger partial charge in [0.15, 0.2) is 11.6 Å². The van der Waals surface area contributed by atoms with Crippen molar-refractivity contribution in [3.63, 3.8) is 0 Å². The molecule has 2 heterocycles. The summed E-state index contributed by atoms with van der Waals surface area (Å²) in [5, 5.41) is 0.693. The van der Waals surface area contributed by atoms with E-state index in [4.69, 9.17) is 21.1 Å². The Morgan fingerprint density at radius 2 is 1.89 bits per heavy atom. The Kier molecular flexibility index (Phi) is 10.6. The maximum Gasteiger partial charge on any atom is 0.264 e. The molecule has 2 aliphatic heterocycles. The fourth-order valence-corrected chi connectivity index (χ4v) is 9.99. The number of anilines is 1. The molecule has 2 aliphatic carbocycles. The van der Waals surface area contributed by atoms with Gasteiger partial charge in [-0.2, -0.15) is 0 Å². The van der Waals surface area contributed by atoms with Gasteiger partial charge in [0, 0.05) is 50.7 Å². The van der Waals surface area contributed by atoms with E-state index in [1.54, 1.807) is 26.3 Å². The van der Waals surface area contributed by atoms with Crippen molar-refractivity contribution in [3.05, 3.63) is 100 Å². The van der Waals surface area contributed by atoms with Crippen molar-refractivity contribution >= 4 is 39.1 Å². The van der Waals surface area contributed by atoms with Crippen LogP contribution >= 0.6 is 11.6 Å². The molecule has 1 N–H and O–H groups in total. The van der Waals surface area contributed by atoms with E-state index in [9.17, 15) is 26.8 Å². The molecule has 13 heteroatoms. The second-order valence-corrected chi connectivity index (χ2v) is 17.7. The van der Waals surface area contributed by atoms with E-state index in [1.807, 2.05) is 24.3 Å². The van der Waals surface area contributed by atoms with Crippen molar-refractivity contribution in [1.82, 2.24) is 9.62 Å². The number of ether oxygens (including phenoxy) is 2. The average molecular weight is 782 g/mol. The van der Waals surface area contributed by atoms with Crippen LogP contribution in [0.15, 0.2) is 71.6 Å². The molecule has 2 bridgehead atoms. The number of nitrogens with zero attached hydrogens (tertiary/aromatic N) is 2. The molecule has 1 fully saturated rings. The van der Waals surface area contributed by atoms with E-state index in [0.717, 1.165) is 43.9 Å². The Hall–Kier alpha value is -4.00. The van der Waals surface area contributed by atoms with E-state index in [0.29, 0.717) is 67.0 Å². The minimum absolute atomic E-state index is 0.0817. The third-order valence-electron chi connectivity index (χ3n) is 12.1. The minimum Gasteiger partial charge on any atom is -0.490 e. The molecule has 0 aromatic heterocycles. The third-order valence-corrected chi connectivity index (χ3v) is 13.7. The highest BCUT2D eigenvalue weighted by atomic mass is 35.5. The molecule has 7 rings (SSSR count). The molecule has 288 valence electrons. The number of amides is 2. The monoisotopic (exact) mass is 781 g/mol. The molecule has 3 aromatic carbocycles. The molecule has 1 saturated carbocycles. The van der Waals surface area contributed by atoms with Crippen molar-refractivity contribution in [2.45, 2.75) is 73.7 Å². The Morgan fingerprint density at radius 3 is 2.63 bits per heavy atom. The van der Waals surface area contributed by atoms with Crippen LogP contribution in [-0.2, 0) is 41.6 Å². The number of sulfonamides is 1. The number of carbonyl (C=O) groups is 2. The number of methoxy groups -OCH3 is 1. The maximum absolute atomic E-state index is 14.3. The van der Waals surface area contributed by atoms with Gasteiger partial charge in [-0.25, -0.2) is 21.9 Å². The van der Waals surface area contributed by atoms with Gasteiger partial charge in [-0.15, -0.1) is 0 Å². The first-order chi connectivity index (χ1) is 25.7. The van der Waals surface area contributed by atoms with Crippen LogP contribution in [0.4, 0.5) is 14.5 Å². The lowest BCUT2D eigenvalue weighted by Gasteiger charge is -2.46. The van der Waals surface area contributed by atoms with Crippen molar-refractivity contribution in [1.29, 1.82) is 0 Å². The van der Waals surface area contributed by atoms with Crippen LogP contribution in [0.2, 0.25) is 5.02 Å². The van der Waals surface area contributed by atoms with Gasteiger partial charge in [-0.3, -0.25) is 9.59 Å². The molecule has 54 heavy (non-hydrogen) atoms. The van der Waals surface area contributed by atoms with E-state index in [-0.39, 0.29) is 29.8 Å². The smallest absolute Gasteiger partial charge is 0.264 e. The number of aryl methyl sites for hydroxylation is 1.